The molecule has 6 heteroatoms. The van der Waals surface area contributed by atoms with Crippen molar-refractivity contribution in [1.82, 2.24) is 14.5 Å². The molecule has 138 valence electrons. The Morgan fingerprint density at radius 3 is 2.81 bits per heavy atom. The molecule has 0 saturated heterocycles. The van der Waals surface area contributed by atoms with E-state index in [9.17, 15) is 9.59 Å². The Balaban J connectivity index is 1.64. The van der Waals surface area contributed by atoms with Crippen molar-refractivity contribution in [2.75, 3.05) is 6.54 Å². The number of amides is 1. The van der Waals surface area contributed by atoms with Gasteiger partial charge in [0.1, 0.15) is 11.4 Å². The average Bonchev–Trinajstić information content (AvgIpc) is 3.05. The third kappa shape index (κ3) is 3.11. The van der Waals surface area contributed by atoms with Gasteiger partial charge in [0, 0.05) is 17.1 Å². The molecule has 0 fully saturated rings. The van der Waals surface area contributed by atoms with E-state index < -0.39 is 0 Å². The van der Waals surface area contributed by atoms with Crippen LogP contribution in [0.4, 0.5) is 0 Å². The van der Waals surface area contributed by atoms with Crippen LogP contribution in [0, 0.1) is 0 Å². The summed E-state index contributed by atoms with van der Waals surface area (Å²) in [5.74, 6) is -0.0204. The SMILES string of the molecule is CCN(C(=O)Cn1cnc2sc3c(c2c1=O)CCCC3)C1=CCCCC1. The summed E-state index contributed by atoms with van der Waals surface area (Å²) in [7, 11) is 0. The first kappa shape index (κ1) is 17.5. The second-order valence-electron chi connectivity index (χ2n) is 7.15. The minimum atomic E-state index is -0.0589. The fraction of sp³-hybridized carbons (Fsp3) is 0.550. The molecule has 2 aromatic rings. The molecule has 2 heterocycles. The molecule has 2 aliphatic rings. The topological polar surface area (TPSA) is 55.2 Å². The van der Waals surface area contributed by atoms with Crippen molar-refractivity contribution in [2.24, 2.45) is 0 Å². The molecule has 0 aromatic carbocycles. The minimum absolute atomic E-state index is 0.0204. The van der Waals surface area contributed by atoms with Gasteiger partial charge in [0.2, 0.25) is 5.91 Å². The number of thiophene rings is 1. The zero-order valence-corrected chi connectivity index (χ0v) is 16.1. The Morgan fingerprint density at radius 1 is 1.23 bits per heavy atom. The molecule has 2 aromatic heterocycles. The van der Waals surface area contributed by atoms with Crippen molar-refractivity contribution in [3.8, 4) is 0 Å². The van der Waals surface area contributed by atoms with Crippen LogP contribution in [0.15, 0.2) is 22.9 Å². The lowest BCUT2D eigenvalue weighted by atomic mass is 9.97. The van der Waals surface area contributed by atoms with Gasteiger partial charge >= 0.3 is 0 Å². The number of aromatic nitrogens is 2. The van der Waals surface area contributed by atoms with Crippen LogP contribution in [0.2, 0.25) is 0 Å². The molecule has 0 N–H and O–H groups in total. The number of hydrogen-bond donors (Lipinski definition) is 0. The van der Waals surface area contributed by atoms with Gasteiger partial charge < -0.3 is 4.90 Å². The molecule has 5 nitrogen and oxygen atoms in total. The predicted molar refractivity (Wildman–Crippen MR) is 104 cm³/mol. The summed E-state index contributed by atoms with van der Waals surface area (Å²) in [5, 5.41) is 0.750. The highest BCUT2D eigenvalue weighted by atomic mass is 32.1. The van der Waals surface area contributed by atoms with Gasteiger partial charge in [-0.15, -0.1) is 11.3 Å². The maximum Gasteiger partial charge on any atom is 0.262 e. The van der Waals surface area contributed by atoms with E-state index >= 15 is 0 Å². The van der Waals surface area contributed by atoms with Crippen LogP contribution in [0.5, 0.6) is 0 Å². The first-order valence-corrected chi connectivity index (χ1v) is 10.5. The van der Waals surface area contributed by atoms with Gasteiger partial charge in [-0.3, -0.25) is 14.2 Å². The number of carbonyl (C=O) groups excluding carboxylic acids is 1. The van der Waals surface area contributed by atoms with E-state index in [0.717, 1.165) is 54.4 Å². The van der Waals surface area contributed by atoms with E-state index in [0.29, 0.717) is 6.54 Å². The average molecular weight is 372 g/mol. The van der Waals surface area contributed by atoms with Crippen LogP contribution >= 0.6 is 11.3 Å². The summed E-state index contributed by atoms with van der Waals surface area (Å²) in [6, 6.07) is 0. The number of carbonyl (C=O) groups is 1. The quantitative estimate of drug-likeness (QED) is 0.824. The molecule has 0 spiro atoms. The van der Waals surface area contributed by atoms with Crippen LogP contribution in [-0.4, -0.2) is 26.9 Å². The largest absolute Gasteiger partial charge is 0.315 e. The van der Waals surface area contributed by atoms with Crippen molar-refractivity contribution in [3.05, 3.63) is 38.9 Å². The minimum Gasteiger partial charge on any atom is -0.315 e. The van der Waals surface area contributed by atoms with Crippen LogP contribution in [0.3, 0.4) is 0 Å². The van der Waals surface area contributed by atoms with E-state index in [-0.39, 0.29) is 18.0 Å². The highest BCUT2D eigenvalue weighted by Crippen LogP contribution is 2.33. The second-order valence-corrected chi connectivity index (χ2v) is 8.23. The van der Waals surface area contributed by atoms with E-state index in [1.54, 1.807) is 17.7 Å². The van der Waals surface area contributed by atoms with E-state index in [1.807, 2.05) is 11.8 Å². The highest BCUT2D eigenvalue weighted by Gasteiger charge is 2.22. The Morgan fingerprint density at radius 2 is 2.04 bits per heavy atom. The summed E-state index contributed by atoms with van der Waals surface area (Å²) >= 11 is 1.65. The predicted octanol–water partition coefficient (Wildman–Crippen LogP) is 3.64. The summed E-state index contributed by atoms with van der Waals surface area (Å²) in [5.41, 5.74) is 2.23. The lowest BCUT2D eigenvalue weighted by Crippen LogP contribution is -2.36. The van der Waals surface area contributed by atoms with Crippen molar-refractivity contribution in [3.63, 3.8) is 0 Å². The van der Waals surface area contributed by atoms with Gasteiger partial charge in [-0.2, -0.15) is 0 Å². The number of fused-ring (bicyclic) bond motifs is 3. The Labute approximate surface area is 157 Å². The first-order chi connectivity index (χ1) is 12.7. The number of nitrogens with zero attached hydrogens (tertiary/aromatic N) is 3. The molecule has 2 aliphatic carbocycles. The third-order valence-electron chi connectivity index (χ3n) is 5.48. The molecule has 4 rings (SSSR count). The van der Waals surface area contributed by atoms with Crippen LogP contribution in [0.25, 0.3) is 10.2 Å². The zero-order valence-electron chi connectivity index (χ0n) is 15.3. The van der Waals surface area contributed by atoms with Crippen molar-refractivity contribution in [2.45, 2.75) is 64.8 Å². The van der Waals surface area contributed by atoms with Crippen LogP contribution in [0.1, 0.15) is 55.9 Å². The summed E-state index contributed by atoms with van der Waals surface area (Å²) in [4.78, 5) is 34.3. The summed E-state index contributed by atoms with van der Waals surface area (Å²) in [6.07, 6.45) is 12.3. The standard InChI is InChI=1S/C20H25N3O2S/c1-2-23(14-8-4-3-5-9-14)17(24)12-22-13-21-19-18(20(22)25)15-10-6-7-11-16(15)26-19/h8,13H,2-7,9-12H2,1H3. The van der Waals surface area contributed by atoms with Gasteiger partial charge in [-0.25, -0.2) is 4.98 Å². The fourth-order valence-corrected chi connectivity index (χ4v) is 5.35. The smallest absolute Gasteiger partial charge is 0.262 e. The number of hydrogen-bond acceptors (Lipinski definition) is 4. The van der Waals surface area contributed by atoms with Gasteiger partial charge in [0.25, 0.3) is 5.56 Å². The number of aryl methyl sites for hydroxylation is 2. The van der Waals surface area contributed by atoms with Gasteiger partial charge in [-0.05, 0) is 63.9 Å². The molecular formula is C20H25N3O2S. The van der Waals surface area contributed by atoms with Gasteiger partial charge in [-0.1, -0.05) is 6.08 Å². The lowest BCUT2D eigenvalue weighted by molar-refractivity contribution is -0.130. The van der Waals surface area contributed by atoms with Crippen molar-refractivity contribution in [1.29, 1.82) is 0 Å². The summed E-state index contributed by atoms with van der Waals surface area (Å²) < 4.78 is 1.50. The molecule has 0 aliphatic heterocycles. The Bertz CT molecular complexity index is 925. The van der Waals surface area contributed by atoms with Crippen molar-refractivity contribution < 1.29 is 4.79 Å². The first-order valence-electron chi connectivity index (χ1n) is 9.68. The van der Waals surface area contributed by atoms with Gasteiger partial charge in [0.15, 0.2) is 0 Å². The molecule has 0 saturated carbocycles. The van der Waals surface area contributed by atoms with Crippen LogP contribution < -0.4 is 5.56 Å². The molecule has 0 atom stereocenters. The van der Waals surface area contributed by atoms with Gasteiger partial charge in [0.05, 0.1) is 11.7 Å². The number of likely N-dealkylation sites (N-methyl/N-ethyl adjacent to an activating group) is 1. The number of allylic oxidation sites excluding steroid dienone is 2. The molecule has 0 bridgehead atoms. The highest BCUT2D eigenvalue weighted by molar-refractivity contribution is 7.18. The molecule has 26 heavy (non-hydrogen) atoms. The molecule has 1 amide bonds. The second kappa shape index (κ2) is 7.35. The lowest BCUT2D eigenvalue weighted by Gasteiger charge is -2.26. The van der Waals surface area contributed by atoms with E-state index in [4.69, 9.17) is 0 Å². The molecule has 0 unspecified atom stereocenters. The molecule has 0 radical (unpaired) electrons. The van der Waals surface area contributed by atoms with E-state index in [2.05, 4.69) is 11.1 Å². The Hall–Kier alpha value is -1.95. The van der Waals surface area contributed by atoms with Crippen LogP contribution in [-0.2, 0) is 24.2 Å². The summed E-state index contributed by atoms with van der Waals surface area (Å²) in [6.45, 7) is 2.70. The Kier molecular flexibility index (Phi) is 4.94. The van der Waals surface area contributed by atoms with E-state index in [1.165, 1.54) is 27.8 Å². The number of rotatable bonds is 4. The van der Waals surface area contributed by atoms with Crippen molar-refractivity contribution >= 4 is 27.5 Å². The molecular weight excluding hydrogens is 346 g/mol. The maximum absolute atomic E-state index is 13.0. The third-order valence-corrected chi connectivity index (χ3v) is 6.68. The normalized spacial score (nSPS) is 17.0. The fourth-order valence-electron chi connectivity index (χ4n) is 4.13. The monoisotopic (exact) mass is 371 g/mol. The zero-order chi connectivity index (χ0) is 18.1. The maximum atomic E-state index is 13.0.